The Morgan fingerprint density at radius 3 is 2.79 bits per heavy atom. The van der Waals surface area contributed by atoms with Crippen molar-refractivity contribution in [3.63, 3.8) is 0 Å². The van der Waals surface area contributed by atoms with E-state index in [0.29, 0.717) is 12.0 Å². The van der Waals surface area contributed by atoms with E-state index in [1.54, 1.807) is 6.26 Å². The molecule has 2 aliphatic rings. The third kappa shape index (κ3) is 7.99. The van der Waals surface area contributed by atoms with E-state index in [1.807, 2.05) is 12.1 Å². The lowest BCUT2D eigenvalue weighted by atomic mass is 10.0. The molecule has 1 aromatic rings. The van der Waals surface area contributed by atoms with Gasteiger partial charge < -0.3 is 24.5 Å². The Morgan fingerprint density at radius 1 is 1.24 bits per heavy atom. The lowest BCUT2D eigenvalue weighted by Crippen LogP contribution is -2.47. The molecule has 2 saturated heterocycles. The number of aliphatic imine (C=N–C) groups is 1. The molecule has 0 aliphatic carbocycles. The maximum atomic E-state index is 5.76. The monoisotopic (exact) mass is 406 g/mol. The number of furan rings is 1. The minimum absolute atomic E-state index is 0.290. The number of guanidine groups is 1. The normalized spacial score (nSPS) is 22.2. The number of nitrogens with one attached hydrogen (secondary N) is 2. The Bertz CT molecular complexity index is 579. The molecule has 29 heavy (non-hydrogen) atoms. The number of hydrogen-bond donors (Lipinski definition) is 2. The van der Waals surface area contributed by atoms with E-state index in [4.69, 9.17) is 18.9 Å². The Balaban J connectivity index is 1.56. The fourth-order valence-electron chi connectivity index (χ4n) is 3.97. The highest BCUT2D eigenvalue weighted by Crippen LogP contribution is 2.14. The minimum atomic E-state index is 0.290. The Morgan fingerprint density at radius 2 is 2.10 bits per heavy atom. The Kier molecular flexibility index (Phi) is 9.31. The van der Waals surface area contributed by atoms with Gasteiger partial charge in [-0.05, 0) is 37.3 Å². The van der Waals surface area contributed by atoms with Gasteiger partial charge in [-0.3, -0.25) is 9.89 Å². The summed E-state index contributed by atoms with van der Waals surface area (Å²) in [6.45, 7) is 11.5. The van der Waals surface area contributed by atoms with Crippen LogP contribution in [0.1, 0.15) is 38.9 Å². The molecule has 2 N–H and O–H groups in total. The minimum Gasteiger partial charge on any atom is -0.469 e. The number of rotatable bonds is 10. The van der Waals surface area contributed by atoms with Crippen molar-refractivity contribution in [3.8, 4) is 0 Å². The van der Waals surface area contributed by atoms with Crippen molar-refractivity contribution in [1.82, 2.24) is 15.5 Å². The van der Waals surface area contributed by atoms with E-state index in [9.17, 15) is 0 Å². The molecule has 164 valence electrons. The SMILES string of the molecule is CC(C)CC(CN=C(NCCc1ccco1)NCC1CCCO1)N1CCOCC1. The van der Waals surface area contributed by atoms with Crippen LogP contribution in [0.15, 0.2) is 27.8 Å². The second kappa shape index (κ2) is 12.2. The van der Waals surface area contributed by atoms with E-state index >= 15 is 0 Å². The highest BCUT2D eigenvalue weighted by Gasteiger charge is 2.22. The molecule has 0 aromatic carbocycles. The number of hydrogen-bond acceptors (Lipinski definition) is 5. The molecule has 0 radical (unpaired) electrons. The van der Waals surface area contributed by atoms with Crippen LogP contribution in [0.25, 0.3) is 0 Å². The maximum Gasteiger partial charge on any atom is 0.191 e. The molecular weight excluding hydrogens is 368 g/mol. The van der Waals surface area contributed by atoms with Crippen molar-refractivity contribution < 1.29 is 13.9 Å². The lowest BCUT2D eigenvalue weighted by molar-refractivity contribution is 0.0143. The van der Waals surface area contributed by atoms with Gasteiger partial charge in [0.25, 0.3) is 0 Å². The molecule has 3 rings (SSSR count). The number of morpholine rings is 1. The van der Waals surface area contributed by atoms with Crippen molar-refractivity contribution in [1.29, 1.82) is 0 Å². The third-order valence-electron chi connectivity index (χ3n) is 5.53. The van der Waals surface area contributed by atoms with Crippen LogP contribution in [0, 0.1) is 5.92 Å². The second-order valence-electron chi connectivity index (χ2n) is 8.39. The Hall–Kier alpha value is -1.57. The molecule has 2 fully saturated rings. The summed E-state index contributed by atoms with van der Waals surface area (Å²) in [7, 11) is 0. The summed E-state index contributed by atoms with van der Waals surface area (Å²) in [4.78, 5) is 7.49. The van der Waals surface area contributed by atoms with Gasteiger partial charge in [0.15, 0.2) is 5.96 Å². The summed E-state index contributed by atoms with van der Waals surface area (Å²) < 4.78 is 16.7. The van der Waals surface area contributed by atoms with Crippen LogP contribution in [-0.2, 0) is 15.9 Å². The molecule has 3 heterocycles. The second-order valence-corrected chi connectivity index (χ2v) is 8.39. The number of nitrogens with zero attached hydrogens (tertiary/aromatic N) is 2. The summed E-state index contributed by atoms with van der Waals surface area (Å²) >= 11 is 0. The summed E-state index contributed by atoms with van der Waals surface area (Å²) in [5.41, 5.74) is 0. The summed E-state index contributed by atoms with van der Waals surface area (Å²) in [6, 6.07) is 4.39. The van der Waals surface area contributed by atoms with Gasteiger partial charge in [-0.2, -0.15) is 0 Å². The highest BCUT2D eigenvalue weighted by molar-refractivity contribution is 5.79. The summed E-state index contributed by atoms with van der Waals surface area (Å²) in [6.07, 6.45) is 6.27. The van der Waals surface area contributed by atoms with E-state index in [1.165, 1.54) is 0 Å². The van der Waals surface area contributed by atoms with Crippen molar-refractivity contribution in [2.75, 3.05) is 52.5 Å². The van der Waals surface area contributed by atoms with Crippen LogP contribution < -0.4 is 10.6 Å². The van der Waals surface area contributed by atoms with Gasteiger partial charge in [-0.1, -0.05) is 13.8 Å². The largest absolute Gasteiger partial charge is 0.469 e. The molecule has 2 unspecified atom stereocenters. The molecule has 7 heteroatoms. The van der Waals surface area contributed by atoms with Crippen molar-refractivity contribution in [2.24, 2.45) is 10.9 Å². The van der Waals surface area contributed by atoms with Crippen molar-refractivity contribution in [2.45, 2.75) is 51.7 Å². The van der Waals surface area contributed by atoms with E-state index in [2.05, 4.69) is 29.4 Å². The zero-order valence-corrected chi connectivity index (χ0v) is 18.1. The van der Waals surface area contributed by atoms with Crippen molar-refractivity contribution in [3.05, 3.63) is 24.2 Å². The molecule has 1 aromatic heterocycles. The highest BCUT2D eigenvalue weighted by atomic mass is 16.5. The van der Waals surface area contributed by atoms with E-state index in [-0.39, 0.29) is 6.10 Å². The lowest BCUT2D eigenvalue weighted by Gasteiger charge is -2.34. The van der Waals surface area contributed by atoms with Crippen LogP contribution in [0.2, 0.25) is 0 Å². The summed E-state index contributed by atoms with van der Waals surface area (Å²) in [5, 5.41) is 6.97. The molecule has 0 spiro atoms. The molecule has 2 aliphatic heterocycles. The van der Waals surface area contributed by atoms with Gasteiger partial charge >= 0.3 is 0 Å². The molecule has 0 bridgehead atoms. The molecule has 0 saturated carbocycles. The van der Waals surface area contributed by atoms with Gasteiger partial charge in [0, 0.05) is 45.2 Å². The maximum absolute atomic E-state index is 5.76. The molecule has 0 amide bonds. The van der Waals surface area contributed by atoms with E-state index in [0.717, 1.165) is 89.9 Å². The van der Waals surface area contributed by atoms with Crippen LogP contribution in [0.4, 0.5) is 0 Å². The topological polar surface area (TPSA) is 71.3 Å². The van der Waals surface area contributed by atoms with Gasteiger partial charge in [0.2, 0.25) is 0 Å². The van der Waals surface area contributed by atoms with Gasteiger partial charge in [0.1, 0.15) is 5.76 Å². The first-order valence-electron chi connectivity index (χ1n) is 11.2. The zero-order valence-electron chi connectivity index (χ0n) is 18.1. The average molecular weight is 407 g/mol. The van der Waals surface area contributed by atoms with Crippen LogP contribution in [-0.4, -0.2) is 75.5 Å². The van der Waals surface area contributed by atoms with Gasteiger partial charge in [-0.25, -0.2) is 0 Å². The zero-order chi connectivity index (χ0) is 20.3. The predicted molar refractivity (Wildman–Crippen MR) is 115 cm³/mol. The first kappa shape index (κ1) is 22.1. The quantitative estimate of drug-likeness (QED) is 0.459. The van der Waals surface area contributed by atoms with Gasteiger partial charge in [-0.15, -0.1) is 0 Å². The van der Waals surface area contributed by atoms with Crippen LogP contribution in [0.3, 0.4) is 0 Å². The standard InChI is InChI=1S/C22H38N4O3/c1-18(2)15-19(26-9-13-27-14-10-26)16-24-22(25-17-21-6-4-12-29-21)23-8-7-20-5-3-11-28-20/h3,5,11,18-19,21H,4,6-10,12-17H2,1-2H3,(H2,23,24,25). The average Bonchev–Trinajstić information content (AvgIpc) is 3.43. The van der Waals surface area contributed by atoms with Crippen LogP contribution >= 0.6 is 0 Å². The fraction of sp³-hybridized carbons (Fsp3) is 0.773. The van der Waals surface area contributed by atoms with Gasteiger partial charge in [0.05, 0.1) is 32.1 Å². The fourth-order valence-corrected chi connectivity index (χ4v) is 3.97. The smallest absolute Gasteiger partial charge is 0.191 e. The third-order valence-corrected chi connectivity index (χ3v) is 5.53. The molecule has 7 nitrogen and oxygen atoms in total. The number of ether oxygens (including phenoxy) is 2. The first-order valence-corrected chi connectivity index (χ1v) is 11.2. The molecular formula is C22H38N4O3. The molecule has 2 atom stereocenters. The first-order chi connectivity index (χ1) is 14.2. The Labute approximate surface area is 175 Å². The summed E-state index contributed by atoms with van der Waals surface area (Å²) in [5.74, 6) is 2.50. The predicted octanol–water partition coefficient (Wildman–Crippen LogP) is 2.28. The van der Waals surface area contributed by atoms with E-state index < -0.39 is 0 Å². The van der Waals surface area contributed by atoms with Crippen LogP contribution in [0.5, 0.6) is 0 Å². The van der Waals surface area contributed by atoms with Crippen molar-refractivity contribution >= 4 is 5.96 Å².